The van der Waals surface area contributed by atoms with E-state index < -0.39 is 41.8 Å². The normalized spacial score (nSPS) is 13.2. The maximum atomic E-state index is 13.9. The average Bonchev–Trinajstić information content (AvgIpc) is 2.81. The number of rotatable bonds is 12. The highest BCUT2D eigenvalue weighted by molar-refractivity contribution is 5.93. The van der Waals surface area contributed by atoms with Crippen molar-refractivity contribution in [1.29, 1.82) is 0 Å². The second kappa shape index (κ2) is 13.9. The first-order valence-corrected chi connectivity index (χ1v) is 12.6. The summed E-state index contributed by atoms with van der Waals surface area (Å²) >= 11 is 0. The molecule has 0 spiro atoms. The van der Waals surface area contributed by atoms with Crippen molar-refractivity contribution >= 4 is 17.9 Å². The van der Waals surface area contributed by atoms with Gasteiger partial charge in [-0.25, -0.2) is 4.79 Å². The molecule has 36 heavy (non-hydrogen) atoms. The lowest BCUT2D eigenvalue weighted by molar-refractivity contribution is -0.150. The number of unbranched alkanes of at least 4 members (excludes halogenated alkanes) is 2. The topological polar surface area (TPSA) is 108 Å². The number of amides is 3. The Morgan fingerprint density at radius 2 is 1.75 bits per heavy atom. The number of ether oxygens (including phenoxy) is 1. The van der Waals surface area contributed by atoms with Gasteiger partial charge in [-0.1, -0.05) is 50.8 Å². The molecule has 1 rings (SSSR count). The molecule has 200 valence electrons. The first-order valence-electron chi connectivity index (χ1n) is 12.6. The summed E-state index contributed by atoms with van der Waals surface area (Å²) in [5.41, 5.74) is -0.636. The molecule has 0 aliphatic rings. The molecule has 0 aromatic heterocycles. The lowest BCUT2D eigenvalue weighted by Crippen LogP contribution is -2.60. The summed E-state index contributed by atoms with van der Waals surface area (Å²) in [4.78, 5) is 41.5. The van der Waals surface area contributed by atoms with E-state index in [1.807, 2.05) is 20.8 Å². The molecule has 0 heterocycles. The molecule has 0 saturated carbocycles. The number of nitrogens with one attached hydrogen (secondary N) is 2. The van der Waals surface area contributed by atoms with Gasteiger partial charge in [0.2, 0.25) is 11.8 Å². The summed E-state index contributed by atoms with van der Waals surface area (Å²) in [6.07, 6.45) is 8.18. The summed E-state index contributed by atoms with van der Waals surface area (Å²) in [6.45, 7) is 12.5. The number of hydrogen-bond donors (Lipinski definition) is 3. The lowest BCUT2D eigenvalue weighted by Gasteiger charge is -2.44. The van der Waals surface area contributed by atoms with Crippen LogP contribution in [0.3, 0.4) is 0 Å². The van der Waals surface area contributed by atoms with Gasteiger partial charge in [0.1, 0.15) is 17.7 Å². The molecule has 1 aromatic rings. The van der Waals surface area contributed by atoms with Crippen LogP contribution in [0.2, 0.25) is 0 Å². The van der Waals surface area contributed by atoms with E-state index in [0.29, 0.717) is 24.1 Å². The molecular weight excluding hydrogens is 458 g/mol. The smallest absolute Gasteiger partial charge is 0.408 e. The first-order chi connectivity index (χ1) is 16.8. The SMILES string of the molecule is C#Cc1ccccc1C(C(=O)NCCCCC)N(C(=O)C(CO)NC(=O)OC(C)(C)C)C(C)(C)CC. The third-order valence-corrected chi connectivity index (χ3v) is 5.92. The van der Waals surface area contributed by atoms with Gasteiger partial charge < -0.3 is 25.4 Å². The minimum Gasteiger partial charge on any atom is -0.444 e. The number of benzene rings is 1. The molecule has 2 atom stereocenters. The van der Waals surface area contributed by atoms with Crippen LogP contribution in [0.25, 0.3) is 0 Å². The van der Waals surface area contributed by atoms with Crippen LogP contribution < -0.4 is 10.6 Å². The van der Waals surface area contributed by atoms with Crippen LogP contribution in [-0.2, 0) is 14.3 Å². The first kappa shape index (κ1) is 31.0. The summed E-state index contributed by atoms with van der Waals surface area (Å²) in [5, 5.41) is 15.5. The van der Waals surface area contributed by atoms with Crippen LogP contribution in [-0.4, -0.2) is 58.2 Å². The predicted molar refractivity (Wildman–Crippen MR) is 141 cm³/mol. The molecule has 0 saturated heterocycles. The standard InChI is InChI=1S/C28H43N3O5/c1-9-12-15-18-29-24(33)23(21-17-14-13-16-20(21)10-2)31(28(7,8)11-3)25(34)22(19-32)30-26(35)36-27(4,5)6/h2,13-14,16-17,22-23,32H,9,11-12,15,18-19H2,1,3-8H3,(H,29,33)(H,30,35). The van der Waals surface area contributed by atoms with Gasteiger partial charge in [0.25, 0.3) is 0 Å². The molecular formula is C28H43N3O5. The van der Waals surface area contributed by atoms with E-state index in [-0.39, 0.29) is 5.91 Å². The van der Waals surface area contributed by atoms with Crippen LogP contribution in [0.4, 0.5) is 4.79 Å². The fourth-order valence-electron chi connectivity index (χ4n) is 3.70. The number of nitrogens with zero attached hydrogens (tertiary/aromatic N) is 1. The van der Waals surface area contributed by atoms with E-state index in [1.165, 1.54) is 4.90 Å². The Hall–Kier alpha value is -3.05. The number of terminal acetylenes is 1. The molecule has 3 amide bonds. The third kappa shape index (κ3) is 8.87. The molecule has 8 nitrogen and oxygen atoms in total. The van der Waals surface area contributed by atoms with Crippen molar-refractivity contribution in [3.63, 3.8) is 0 Å². The van der Waals surface area contributed by atoms with Gasteiger partial charge >= 0.3 is 6.09 Å². The molecule has 0 radical (unpaired) electrons. The highest BCUT2D eigenvalue weighted by atomic mass is 16.6. The number of hydrogen-bond acceptors (Lipinski definition) is 5. The van der Waals surface area contributed by atoms with E-state index >= 15 is 0 Å². The van der Waals surface area contributed by atoms with Crippen molar-refractivity contribution < 1.29 is 24.2 Å². The molecule has 2 unspecified atom stereocenters. The van der Waals surface area contributed by atoms with E-state index in [1.54, 1.807) is 45.0 Å². The number of aliphatic hydroxyl groups is 1. The van der Waals surface area contributed by atoms with E-state index in [4.69, 9.17) is 11.2 Å². The zero-order valence-corrected chi connectivity index (χ0v) is 22.8. The second-order valence-corrected chi connectivity index (χ2v) is 10.4. The van der Waals surface area contributed by atoms with Crippen LogP contribution >= 0.6 is 0 Å². The van der Waals surface area contributed by atoms with Crippen molar-refractivity contribution in [3.8, 4) is 12.3 Å². The quantitative estimate of drug-likeness (QED) is 0.297. The van der Waals surface area contributed by atoms with Gasteiger partial charge in [0.05, 0.1) is 6.61 Å². The summed E-state index contributed by atoms with van der Waals surface area (Å²) in [6, 6.07) is 4.59. The molecule has 0 fully saturated rings. The molecule has 0 aliphatic carbocycles. The zero-order valence-electron chi connectivity index (χ0n) is 22.8. The van der Waals surface area contributed by atoms with E-state index in [9.17, 15) is 19.5 Å². The van der Waals surface area contributed by atoms with Crippen LogP contribution in [0.5, 0.6) is 0 Å². The van der Waals surface area contributed by atoms with Crippen LogP contribution in [0.15, 0.2) is 24.3 Å². The van der Waals surface area contributed by atoms with Gasteiger partial charge in [0, 0.05) is 17.6 Å². The Kier molecular flexibility index (Phi) is 11.9. The molecule has 3 N–H and O–H groups in total. The monoisotopic (exact) mass is 501 g/mol. The van der Waals surface area contributed by atoms with Gasteiger partial charge in [0.15, 0.2) is 0 Å². The van der Waals surface area contributed by atoms with E-state index in [2.05, 4.69) is 23.5 Å². The van der Waals surface area contributed by atoms with Crippen molar-refractivity contribution in [2.24, 2.45) is 0 Å². The Morgan fingerprint density at radius 3 is 2.28 bits per heavy atom. The second-order valence-electron chi connectivity index (χ2n) is 10.4. The van der Waals surface area contributed by atoms with Crippen molar-refractivity contribution in [1.82, 2.24) is 15.5 Å². The van der Waals surface area contributed by atoms with Gasteiger partial charge in [-0.15, -0.1) is 6.42 Å². The molecule has 0 aliphatic heterocycles. The molecule has 8 heteroatoms. The number of carbonyl (C=O) groups is 3. The van der Waals surface area contributed by atoms with Gasteiger partial charge in [-0.2, -0.15) is 0 Å². The predicted octanol–water partition coefficient (Wildman–Crippen LogP) is 3.92. The Labute approximate surface area is 216 Å². The minimum absolute atomic E-state index is 0.377. The molecule has 0 bridgehead atoms. The fraction of sp³-hybridized carbons (Fsp3) is 0.607. The zero-order chi connectivity index (χ0) is 27.5. The fourth-order valence-corrected chi connectivity index (χ4v) is 3.70. The lowest BCUT2D eigenvalue weighted by atomic mass is 9.90. The Balaban J connectivity index is 3.56. The Morgan fingerprint density at radius 1 is 1.11 bits per heavy atom. The largest absolute Gasteiger partial charge is 0.444 e. The summed E-state index contributed by atoms with van der Waals surface area (Å²) < 4.78 is 5.28. The van der Waals surface area contributed by atoms with Crippen molar-refractivity contribution in [3.05, 3.63) is 35.4 Å². The number of alkyl carbamates (subject to hydrolysis) is 1. The highest BCUT2D eigenvalue weighted by Gasteiger charge is 2.43. The Bertz CT molecular complexity index is 930. The van der Waals surface area contributed by atoms with Crippen LogP contribution in [0.1, 0.15) is 91.3 Å². The minimum atomic E-state index is -1.32. The van der Waals surface area contributed by atoms with Gasteiger partial charge in [-0.05, 0) is 59.1 Å². The van der Waals surface area contributed by atoms with Crippen molar-refractivity contribution in [2.45, 2.75) is 97.4 Å². The number of aliphatic hydroxyl groups excluding tert-OH is 1. The van der Waals surface area contributed by atoms with Crippen molar-refractivity contribution in [2.75, 3.05) is 13.2 Å². The van der Waals surface area contributed by atoms with Gasteiger partial charge in [-0.3, -0.25) is 9.59 Å². The highest BCUT2D eigenvalue weighted by Crippen LogP contribution is 2.33. The maximum Gasteiger partial charge on any atom is 0.408 e. The van der Waals surface area contributed by atoms with Crippen LogP contribution in [0, 0.1) is 12.3 Å². The summed E-state index contributed by atoms with van der Waals surface area (Å²) in [7, 11) is 0. The summed E-state index contributed by atoms with van der Waals surface area (Å²) in [5.74, 6) is 1.62. The average molecular weight is 502 g/mol. The molecule has 1 aromatic carbocycles. The maximum absolute atomic E-state index is 13.9. The number of carbonyl (C=O) groups excluding carboxylic acids is 3. The van der Waals surface area contributed by atoms with E-state index in [0.717, 1.165) is 19.3 Å². The third-order valence-electron chi connectivity index (χ3n) is 5.92.